The Morgan fingerprint density at radius 3 is 2.71 bits per heavy atom. The molecule has 1 N–H and O–H groups in total. The summed E-state index contributed by atoms with van der Waals surface area (Å²) < 4.78 is 20.7. The molecule has 0 radical (unpaired) electrons. The van der Waals surface area contributed by atoms with E-state index in [4.69, 9.17) is 18.9 Å². The molecule has 0 fully saturated rings. The molecule has 2 aromatic rings. The number of pyridine rings is 1. The van der Waals surface area contributed by atoms with Gasteiger partial charge in [0.1, 0.15) is 11.4 Å². The number of nitrogens with zero attached hydrogens (tertiary/aromatic N) is 1. The Morgan fingerprint density at radius 2 is 2.00 bits per heavy atom. The van der Waals surface area contributed by atoms with Crippen molar-refractivity contribution in [3.63, 3.8) is 0 Å². The Balaban J connectivity index is 2.19. The fraction of sp³-hybridized carbons (Fsp3) is 0.294. The first-order chi connectivity index (χ1) is 11.8. The molecule has 7 heteroatoms. The van der Waals surface area contributed by atoms with E-state index in [1.165, 1.54) is 7.11 Å². The van der Waals surface area contributed by atoms with Gasteiger partial charge in [-0.1, -0.05) is 12.1 Å². The largest absolute Gasteiger partial charge is 0.465 e. The first-order valence-corrected chi connectivity index (χ1v) is 7.35. The molecule has 7 nitrogen and oxygen atoms in total. The van der Waals surface area contributed by atoms with Gasteiger partial charge in [-0.05, 0) is 24.3 Å². The summed E-state index contributed by atoms with van der Waals surface area (Å²) >= 11 is 0. The maximum absolute atomic E-state index is 12.0. The van der Waals surface area contributed by atoms with Crippen LogP contribution in [-0.4, -0.2) is 45.2 Å². The van der Waals surface area contributed by atoms with Gasteiger partial charge >= 0.3 is 5.97 Å². The average Bonchev–Trinajstić information content (AvgIpc) is 2.62. The van der Waals surface area contributed by atoms with E-state index >= 15 is 0 Å². The lowest BCUT2D eigenvalue weighted by Crippen LogP contribution is -2.12. The molecule has 0 saturated carbocycles. The molecule has 0 aliphatic rings. The standard InChI is InChI=1S/C17H20N2O5/c1-21-10-11-23-12-24-16-13(17(20)22-2)6-5-7-14(16)19-15-8-3-4-9-18-15/h3-9H,10-12H2,1-2H3,(H,18,19). The maximum Gasteiger partial charge on any atom is 0.341 e. The van der Waals surface area contributed by atoms with Crippen LogP contribution in [0.25, 0.3) is 0 Å². The molecule has 0 saturated heterocycles. The summed E-state index contributed by atoms with van der Waals surface area (Å²) in [7, 11) is 2.91. The minimum Gasteiger partial charge on any atom is -0.465 e. The monoisotopic (exact) mass is 332 g/mol. The van der Waals surface area contributed by atoms with Crippen molar-refractivity contribution in [2.24, 2.45) is 0 Å². The second-order valence-electron chi connectivity index (χ2n) is 4.68. The molecule has 128 valence electrons. The van der Waals surface area contributed by atoms with E-state index in [0.29, 0.717) is 36.0 Å². The van der Waals surface area contributed by atoms with E-state index < -0.39 is 5.97 Å². The number of carbonyl (C=O) groups is 1. The Morgan fingerprint density at radius 1 is 1.12 bits per heavy atom. The number of hydrogen-bond acceptors (Lipinski definition) is 7. The first-order valence-electron chi connectivity index (χ1n) is 7.35. The molecular formula is C17H20N2O5. The maximum atomic E-state index is 12.0. The predicted molar refractivity (Wildman–Crippen MR) is 88.6 cm³/mol. The van der Waals surface area contributed by atoms with Crippen molar-refractivity contribution >= 4 is 17.5 Å². The van der Waals surface area contributed by atoms with E-state index in [0.717, 1.165) is 0 Å². The van der Waals surface area contributed by atoms with Gasteiger partial charge in [0.2, 0.25) is 0 Å². The topological polar surface area (TPSA) is 78.9 Å². The fourth-order valence-corrected chi connectivity index (χ4v) is 1.94. The molecule has 0 unspecified atom stereocenters. The van der Waals surface area contributed by atoms with Crippen LogP contribution in [0.3, 0.4) is 0 Å². The highest BCUT2D eigenvalue weighted by atomic mass is 16.7. The summed E-state index contributed by atoms with van der Waals surface area (Å²) in [6.45, 7) is 0.829. The number of methoxy groups -OCH3 is 2. The third kappa shape index (κ3) is 4.94. The van der Waals surface area contributed by atoms with Crippen molar-refractivity contribution in [3.05, 3.63) is 48.2 Å². The van der Waals surface area contributed by atoms with E-state index in [2.05, 4.69) is 10.3 Å². The highest BCUT2D eigenvalue weighted by Gasteiger charge is 2.17. The second-order valence-corrected chi connectivity index (χ2v) is 4.68. The number of benzene rings is 1. The second kappa shape index (κ2) is 9.49. The molecule has 2 rings (SSSR count). The Labute approximate surface area is 140 Å². The van der Waals surface area contributed by atoms with Crippen molar-refractivity contribution in [2.75, 3.05) is 39.5 Å². The average molecular weight is 332 g/mol. The highest BCUT2D eigenvalue weighted by molar-refractivity contribution is 5.95. The molecule has 0 bridgehead atoms. The molecule has 0 spiro atoms. The van der Waals surface area contributed by atoms with Gasteiger partial charge in [-0.15, -0.1) is 0 Å². The number of esters is 1. The van der Waals surface area contributed by atoms with Crippen molar-refractivity contribution in [1.82, 2.24) is 4.98 Å². The number of rotatable bonds is 9. The molecule has 1 heterocycles. The summed E-state index contributed by atoms with van der Waals surface area (Å²) in [5.74, 6) is 0.476. The van der Waals surface area contributed by atoms with Gasteiger partial charge in [-0.2, -0.15) is 0 Å². The molecule has 0 aliphatic heterocycles. The minimum absolute atomic E-state index is 0.0196. The summed E-state index contributed by atoms with van der Waals surface area (Å²) in [6.07, 6.45) is 1.67. The van der Waals surface area contributed by atoms with Crippen LogP contribution in [0, 0.1) is 0 Å². The van der Waals surface area contributed by atoms with E-state index in [1.807, 2.05) is 18.2 Å². The Bertz CT molecular complexity index is 649. The predicted octanol–water partition coefficient (Wildman–Crippen LogP) is 2.61. The van der Waals surface area contributed by atoms with Crippen LogP contribution in [0.2, 0.25) is 0 Å². The van der Waals surface area contributed by atoms with Crippen LogP contribution in [0.1, 0.15) is 10.4 Å². The molecule has 1 aromatic carbocycles. The number of anilines is 2. The number of nitrogens with one attached hydrogen (secondary N) is 1. The summed E-state index contributed by atoms with van der Waals surface area (Å²) in [6, 6.07) is 10.6. The van der Waals surface area contributed by atoms with Gasteiger partial charge in [0.15, 0.2) is 12.5 Å². The SMILES string of the molecule is COCCOCOc1c(Nc2ccccn2)cccc1C(=O)OC. The third-order valence-corrected chi connectivity index (χ3v) is 3.07. The first kappa shape index (κ1) is 17.7. The lowest BCUT2D eigenvalue weighted by Gasteiger charge is -2.16. The quantitative estimate of drug-likeness (QED) is 0.429. The number of hydrogen-bond donors (Lipinski definition) is 1. The van der Waals surface area contributed by atoms with E-state index in [-0.39, 0.29) is 6.79 Å². The molecule has 1 aromatic heterocycles. The van der Waals surface area contributed by atoms with Crippen LogP contribution in [-0.2, 0) is 14.2 Å². The van der Waals surface area contributed by atoms with Gasteiger partial charge < -0.3 is 24.3 Å². The van der Waals surface area contributed by atoms with Crippen molar-refractivity contribution in [3.8, 4) is 5.75 Å². The minimum atomic E-state index is -0.494. The lowest BCUT2D eigenvalue weighted by atomic mass is 10.1. The van der Waals surface area contributed by atoms with Crippen LogP contribution in [0.4, 0.5) is 11.5 Å². The van der Waals surface area contributed by atoms with Crippen molar-refractivity contribution in [1.29, 1.82) is 0 Å². The molecule has 0 atom stereocenters. The summed E-state index contributed by atoms with van der Waals surface area (Å²) in [5.41, 5.74) is 0.890. The zero-order valence-electron chi connectivity index (χ0n) is 13.7. The third-order valence-electron chi connectivity index (χ3n) is 3.07. The highest BCUT2D eigenvalue weighted by Crippen LogP contribution is 2.31. The number of aromatic nitrogens is 1. The van der Waals surface area contributed by atoms with Crippen LogP contribution >= 0.6 is 0 Å². The zero-order valence-corrected chi connectivity index (χ0v) is 13.7. The smallest absolute Gasteiger partial charge is 0.341 e. The zero-order chi connectivity index (χ0) is 17.2. The molecular weight excluding hydrogens is 312 g/mol. The van der Waals surface area contributed by atoms with Gasteiger partial charge in [-0.25, -0.2) is 9.78 Å². The van der Waals surface area contributed by atoms with E-state index in [9.17, 15) is 4.79 Å². The summed E-state index contributed by atoms with van der Waals surface area (Å²) in [4.78, 5) is 16.2. The lowest BCUT2D eigenvalue weighted by molar-refractivity contribution is -0.00873. The normalized spacial score (nSPS) is 10.2. The van der Waals surface area contributed by atoms with Crippen molar-refractivity contribution in [2.45, 2.75) is 0 Å². The molecule has 24 heavy (non-hydrogen) atoms. The molecule has 0 amide bonds. The van der Waals surface area contributed by atoms with Gasteiger partial charge in [0, 0.05) is 13.3 Å². The number of para-hydroxylation sites is 1. The summed E-state index contributed by atoms with van der Waals surface area (Å²) in [5, 5.41) is 3.12. The van der Waals surface area contributed by atoms with Gasteiger partial charge in [0.05, 0.1) is 26.0 Å². The van der Waals surface area contributed by atoms with Crippen LogP contribution in [0.5, 0.6) is 5.75 Å². The number of carbonyl (C=O) groups excluding carboxylic acids is 1. The Kier molecular flexibility index (Phi) is 7.00. The van der Waals surface area contributed by atoms with E-state index in [1.54, 1.807) is 31.5 Å². The van der Waals surface area contributed by atoms with Gasteiger partial charge in [0.25, 0.3) is 0 Å². The van der Waals surface area contributed by atoms with Crippen LogP contribution in [0.15, 0.2) is 42.6 Å². The van der Waals surface area contributed by atoms with Crippen molar-refractivity contribution < 1.29 is 23.7 Å². The molecule has 0 aliphatic carbocycles. The number of ether oxygens (including phenoxy) is 4. The fourth-order valence-electron chi connectivity index (χ4n) is 1.94. The van der Waals surface area contributed by atoms with Crippen LogP contribution < -0.4 is 10.1 Å². The Hall–Kier alpha value is -2.64. The van der Waals surface area contributed by atoms with Gasteiger partial charge in [-0.3, -0.25) is 0 Å².